The highest BCUT2D eigenvalue weighted by Crippen LogP contribution is 2.27. The minimum Gasteiger partial charge on any atom is -0.353 e. The van der Waals surface area contributed by atoms with E-state index in [9.17, 15) is 9.59 Å². The van der Waals surface area contributed by atoms with Crippen molar-refractivity contribution in [3.8, 4) is 0 Å². The van der Waals surface area contributed by atoms with Gasteiger partial charge in [-0.05, 0) is 43.4 Å². The lowest BCUT2D eigenvalue weighted by Gasteiger charge is -2.35. The number of hydrogen-bond donors (Lipinski definition) is 1. The maximum Gasteiger partial charge on any atom is 0.223 e. The van der Waals surface area contributed by atoms with E-state index in [-0.39, 0.29) is 23.8 Å². The summed E-state index contributed by atoms with van der Waals surface area (Å²) in [7, 11) is 0. The summed E-state index contributed by atoms with van der Waals surface area (Å²) in [5.41, 5.74) is 3.42. The van der Waals surface area contributed by atoms with E-state index in [1.165, 1.54) is 5.56 Å². The number of nitrogens with zero attached hydrogens (tertiary/aromatic N) is 4. The number of imidazole rings is 1. The zero-order valence-corrected chi connectivity index (χ0v) is 19.8. The molecule has 0 saturated carbocycles. The molecule has 2 aliphatic heterocycles. The molecule has 2 aliphatic rings. The van der Waals surface area contributed by atoms with Gasteiger partial charge in [0.05, 0.1) is 17.6 Å². The van der Waals surface area contributed by atoms with Crippen LogP contribution in [0.4, 0.5) is 5.95 Å². The largest absolute Gasteiger partial charge is 0.353 e. The van der Waals surface area contributed by atoms with Crippen LogP contribution in [0.2, 0.25) is 0 Å². The molecule has 1 aromatic heterocycles. The number of para-hydroxylation sites is 2. The van der Waals surface area contributed by atoms with Crippen LogP contribution in [-0.2, 0) is 16.1 Å². The molecule has 2 amide bonds. The molecule has 5 rings (SSSR count). The Bertz CT molecular complexity index is 1140. The fourth-order valence-electron chi connectivity index (χ4n) is 5.23. The van der Waals surface area contributed by atoms with Gasteiger partial charge in [-0.25, -0.2) is 4.98 Å². The summed E-state index contributed by atoms with van der Waals surface area (Å²) in [6.45, 7) is 5.49. The summed E-state index contributed by atoms with van der Waals surface area (Å²) in [4.78, 5) is 33.5. The monoisotopic (exact) mass is 459 g/mol. The van der Waals surface area contributed by atoms with Gasteiger partial charge in [0, 0.05) is 45.1 Å². The van der Waals surface area contributed by atoms with Crippen LogP contribution in [0.15, 0.2) is 54.6 Å². The Hall–Kier alpha value is -3.35. The predicted octanol–water partition coefficient (Wildman–Crippen LogP) is 3.43. The summed E-state index contributed by atoms with van der Waals surface area (Å²) in [6, 6.07) is 19.0. The molecule has 2 saturated heterocycles. The van der Waals surface area contributed by atoms with E-state index < -0.39 is 0 Å². The molecule has 0 bridgehead atoms. The maximum absolute atomic E-state index is 12.8. The van der Waals surface area contributed by atoms with Gasteiger partial charge in [0.1, 0.15) is 0 Å². The summed E-state index contributed by atoms with van der Waals surface area (Å²) in [6.07, 6.45) is 3.33. The van der Waals surface area contributed by atoms with Crippen LogP contribution >= 0.6 is 0 Å². The molecule has 2 aromatic carbocycles. The number of amides is 2. The predicted molar refractivity (Wildman–Crippen MR) is 134 cm³/mol. The van der Waals surface area contributed by atoms with Gasteiger partial charge >= 0.3 is 0 Å². The minimum atomic E-state index is 0.0173. The molecule has 1 N–H and O–H groups in total. The molecule has 0 spiro atoms. The van der Waals surface area contributed by atoms with Gasteiger partial charge in [0.25, 0.3) is 0 Å². The molecular weight excluding hydrogens is 426 g/mol. The second-order valence-electron chi connectivity index (χ2n) is 9.52. The van der Waals surface area contributed by atoms with Gasteiger partial charge in [-0.15, -0.1) is 0 Å². The number of rotatable bonds is 5. The fraction of sp³-hybridized carbons (Fsp3) is 0.444. The van der Waals surface area contributed by atoms with Crippen LogP contribution in [0.1, 0.15) is 38.2 Å². The second-order valence-corrected chi connectivity index (χ2v) is 9.52. The Balaban J connectivity index is 1.23. The van der Waals surface area contributed by atoms with E-state index in [0.29, 0.717) is 13.1 Å². The smallest absolute Gasteiger partial charge is 0.223 e. The van der Waals surface area contributed by atoms with E-state index in [2.05, 4.69) is 57.2 Å². The Morgan fingerprint density at radius 3 is 2.29 bits per heavy atom. The molecule has 0 unspecified atom stereocenters. The average Bonchev–Trinajstić information content (AvgIpc) is 3.23. The lowest BCUT2D eigenvalue weighted by atomic mass is 9.94. The van der Waals surface area contributed by atoms with Crippen molar-refractivity contribution in [3.63, 3.8) is 0 Å². The van der Waals surface area contributed by atoms with Crippen LogP contribution in [0.25, 0.3) is 11.0 Å². The number of carbonyl (C=O) groups excluding carboxylic acids is 2. The number of hydrogen-bond acceptors (Lipinski definition) is 4. The average molecular weight is 460 g/mol. The number of benzene rings is 2. The lowest BCUT2D eigenvalue weighted by molar-refractivity contribution is -0.134. The first-order valence-electron chi connectivity index (χ1n) is 12.4. The third kappa shape index (κ3) is 4.79. The quantitative estimate of drug-likeness (QED) is 0.635. The molecule has 3 aromatic rings. The van der Waals surface area contributed by atoms with Crippen LogP contribution in [0, 0.1) is 5.92 Å². The van der Waals surface area contributed by atoms with Crippen LogP contribution in [-0.4, -0.2) is 58.5 Å². The summed E-state index contributed by atoms with van der Waals surface area (Å²) in [5, 5.41) is 3.29. The molecule has 0 atom stereocenters. The van der Waals surface area contributed by atoms with Crippen molar-refractivity contribution in [1.29, 1.82) is 0 Å². The SMILES string of the molecule is CC(=O)N1CCC(C(=O)NC2CCN(c3nc4ccccc4n3Cc3ccccc3)CC2)CC1. The van der Waals surface area contributed by atoms with E-state index in [4.69, 9.17) is 4.98 Å². The van der Waals surface area contributed by atoms with Crippen molar-refractivity contribution in [2.45, 2.75) is 45.2 Å². The second kappa shape index (κ2) is 9.87. The first-order valence-corrected chi connectivity index (χ1v) is 12.4. The number of aromatic nitrogens is 2. The number of nitrogens with one attached hydrogen (secondary N) is 1. The Labute approximate surface area is 200 Å². The van der Waals surface area contributed by atoms with Crippen molar-refractivity contribution in [2.75, 3.05) is 31.1 Å². The zero-order valence-electron chi connectivity index (χ0n) is 19.8. The number of likely N-dealkylation sites (tertiary alicyclic amines) is 1. The standard InChI is InChI=1S/C27H33N5O2/c1-20(33)30-15-11-22(12-16-30)26(34)28-23-13-17-31(18-14-23)27-29-24-9-5-6-10-25(24)32(27)19-21-7-3-2-4-8-21/h2-10,22-23H,11-19H2,1H3,(H,28,34). The summed E-state index contributed by atoms with van der Waals surface area (Å²) < 4.78 is 2.31. The van der Waals surface area contributed by atoms with Crippen molar-refractivity contribution >= 4 is 28.8 Å². The van der Waals surface area contributed by atoms with Gasteiger partial charge in [-0.2, -0.15) is 0 Å². The minimum absolute atomic E-state index is 0.0173. The summed E-state index contributed by atoms with van der Waals surface area (Å²) >= 11 is 0. The maximum atomic E-state index is 12.8. The fourth-order valence-corrected chi connectivity index (χ4v) is 5.23. The normalized spacial score (nSPS) is 17.8. The molecule has 7 nitrogen and oxygen atoms in total. The van der Waals surface area contributed by atoms with Gasteiger partial charge in [0.15, 0.2) is 0 Å². The molecule has 34 heavy (non-hydrogen) atoms. The van der Waals surface area contributed by atoms with Gasteiger partial charge < -0.3 is 19.7 Å². The third-order valence-electron chi connectivity index (χ3n) is 7.25. The van der Waals surface area contributed by atoms with Crippen molar-refractivity contribution in [2.24, 2.45) is 5.92 Å². The number of piperidine rings is 2. The topological polar surface area (TPSA) is 70.5 Å². The van der Waals surface area contributed by atoms with Crippen molar-refractivity contribution < 1.29 is 9.59 Å². The Kier molecular flexibility index (Phi) is 6.52. The number of fused-ring (bicyclic) bond motifs is 1. The lowest BCUT2D eigenvalue weighted by Crippen LogP contribution is -2.48. The highest BCUT2D eigenvalue weighted by Gasteiger charge is 2.29. The Morgan fingerprint density at radius 2 is 1.59 bits per heavy atom. The van der Waals surface area contributed by atoms with Crippen LogP contribution in [0.5, 0.6) is 0 Å². The number of carbonyl (C=O) groups is 2. The van der Waals surface area contributed by atoms with Crippen molar-refractivity contribution in [1.82, 2.24) is 19.8 Å². The molecule has 2 fully saturated rings. The molecular formula is C27H33N5O2. The first kappa shape index (κ1) is 22.4. The molecule has 178 valence electrons. The summed E-state index contributed by atoms with van der Waals surface area (Å²) in [5.74, 6) is 1.28. The molecule has 3 heterocycles. The zero-order chi connectivity index (χ0) is 23.5. The highest BCUT2D eigenvalue weighted by molar-refractivity contribution is 5.80. The molecule has 0 radical (unpaired) electrons. The highest BCUT2D eigenvalue weighted by atomic mass is 16.2. The van der Waals surface area contributed by atoms with Gasteiger partial charge in [-0.3, -0.25) is 9.59 Å². The van der Waals surface area contributed by atoms with Gasteiger partial charge in [-0.1, -0.05) is 42.5 Å². The number of anilines is 1. The third-order valence-corrected chi connectivity index (χ3v) is 7.25. The van der Waals surface area contributed by atoms with E-state index in [1.807, 2.05) is 17.0 Å². The first-order chi connectivity index (χ1) is 16.6. The molecule has 0 aliphatic carbocycles. The Morgan fingerprint density at radius 1 is 0.912 bits per heavy atom. The van der Waals surface area contributed by atoms with Gasteiger partial charge in [0.2, 0.25) is 17.8 Å². The van der Waals surface area contributed by atoms with E-state index in [0.717, 1.165) is 62.3 Å². The van der Waals surface area contributed by atoms with Crippen molar-refractivity contribution in [3.05, 3.63) is 60.2 Å². The van der Waals surface area contributed by atoms with E-state index in [1.54, 1.807) is 6.92 Å². The molecule has 7 heteroatoms. The van der Waals surface area contributed by atoms with Crippen LogP contribution in [0.3, 0.4) is 0 Å². The van der Waals surface area contributed by atoms with Crippen LogP contribution < -0.4 is 10.2 Å². The van der Waals surface area contributed by atoms with E-state index >= 15 is 0 Å².